The van der Waals surface area contributed by atoms with Crippen LogP contribution in [-0.2, 0) is 13.0 Å². The number of fused-ring (bicyclic) bond motifs is 1. The highest BCUT2D eigenvalue weighted by Crippen LogP contribution is 2.19. The molecular formula is C17H21Cl2N3O. The van der Waals surface area contributed by atoms with E-state index in [4.69, 9.17) is 0 Å². The van der Waals surface area contributed by atoms with Crippen molar-refractivity contribution in [2.45, 2.75) is 26.1 Å². The summed E-state index contributed by atoms with van der Waals surface area (Å²) >= 11 is 0. The van der Waals surface area contributed by atoms with Crippen LogP contribution in [0, 0.1) is 0 Å². The summed E-state index contributed by atoms with van der Waals surface area (Å²) in [5.74, 6) is 0.0526. The molecule has 4 nitrogen and oxygen atoms in total. The van der Waals surface area contributed by atoms with Gasteiger partial charge < -0.3 is 4.90 Å². The van der Waals surface area contributed by atoms with Crippen LogP contribution in [0.5, 0.6) is 0 Å². The molecule has 0 saturated carbocycles. The van der Waals surface area contributed by atoms with Crippen LogP contribution in [0.1, 0.15) is 28.4 Å². The molecule has 1 unspecified atom stereocenters. The van der Waals surface area contributed by atoms with E-state index >= 15 is 0 Å². The molecule has 1 atom stereocenters. The third-order valence-corrected chi connectivity index (χ3v) is 3.96. The molecule has 1 aliphatic heterocycles. The number of benzene rings is 1. The van der Waals surface area contributed by atoms with Gasteiger partial charge in [0.15, 0.2) is 0 Å². The first kappa shape index (κ1) is 19.4. The Kier molecular flexibility index (Phi) is 7.49. The summed E-state index contributed by atoms with van der Waals surface area (Å²) in [6.07, 6.45) is 4.21. The Bertz CT molecular complexity index is 637. The van der Waals surface area contributed by atoms with Gasteiger partial charge in [0.25, 0.3) is 5.91 Å². The molecule has 23 heavy (non-hydrogen) atoms. The number of amides is 1. The van der Waals surface area contributed by atoms with Crippen LogP contribution in [0.25, 0.3) is 0 Å². The number of nitrogens with one attached hydrogen (secondary N) is 1. The number of hydrogen-bond donors (Lipinski definition) is 1. The molecule has 1 aromatic heterocycles. The predicted molar refractivity (Wildman–Crippen MR) is 96.2 cm³/mol. The molecule has 1 aromatic carbocycles. The van der Waals surface area contributed by atoms with Gasteiger partial charge in [-0.05, 0) is 30.2 Å². The average molecular weight is 354 g/mol. The van der Waals surface area contributed by atoms with E-state index in [0.29, 0.717) is 12.1 Å². The van der Waals surface area contributed by atoms with Crippen LogP contribution >= 0.6 is 24.8 Å². The molecule has 1 N–H and O–H groups in total. The van der Waals surface area contributed by atoms with Crippen molar-refractivity contribution < 1.29 is 4.79 Å². The molecule has 124 valence electrons. The lowest BCUT2D eigenvalue weighted by Crippen LogP contribution is -2.51. The fourth-order valence-electron chi connectivity index (χ4n) is 2.82. The van der Waals surface area contributed by atoms with Gasteiger partial charge in [-0.1, -0.05) is 24.3 Å². The van der Waals surface area contributed by atoms with Gasteiger partial charge in [0.1, 0.15) is 0 Å². The number of hydrogen-bond acceptors (Lipinski definition) is 3. The lowest BCUT2D eigenvalue weighted by molar-refractivity contribution is 0.0642. The van der Waals surface area contributed by atoms with Gasteiger partial charge in [-0.3, -0.25) is 15.1 Å². The van der Waals surface area contributed by atoms with Crippen LogP contribution in [0.4, 0.5) is 0 Å². The molecule has 6 heteroatoms. The third-order valence-electron chi connectivity index (χ3n) is 3.96. The molecule has 0 saturated heterocycles. The molecule has 3 rings (SSSR count). The van der Waals surface area contributed by atoms with Crippen LogP contribution in [0.3, 0.4) is 0 Å². The second kappa shape index (κ2) is 8.87. The second-order valence-electron chi connectivity index (χ2n) is 5.20. The van der Waals surface area contributed by atoms with Crippen LogP contribution < -0.4 is 5.32 Å². The largest absolute Gasteiger partial charge is 0.323 e. The minimum absolute atomic E-state index is 0. The van der Waals surface area contributed by atoms with Gasteiger partial charge in [0, 0.05) is 37.5 Å². The Balaban J connectivity index is 0.00000132. The third kappa shape index (κ3) is 4.22. The van der Waals surface area contributed by atoms with Crippen LogP contribution in [0.15, 0.2) is 48.8 Å². The smallest absolute Gasteiger partial charge is 0.255 e. The molecule has 1 aliphatic rings. The Hall–Kier alpha value is -1.62. The van der Waals surface area contributed by atoms with Crippen molar-refractivity contribution in [3.63, 3.8) is 0 Å². The molecule has 0 aliphatic carbocycles. The monoisotopic (exact) mass is 353 g/mol. The zero-order valence-electron chi connectivity index (χ0n) is 12.9. The summed E-state index contributed by atoms with van der Waals surface area (Å²) in [7, 11) is 0. The highest BCUT2D eigenvalue weighted by Gasteiger charge is 2.26. The lowest BCUT2D eigenvalue weighted by atomic mass is 9.98. The van der Waals surface area contributed by atoms with Gasteiger partial charge >= 0.3 is 0 Å². The predicted octanol–water partition coefficient (Wildman–Crippen LogP) is 3.06. The number of halogens is 2. The summed E-state index contributed by atoms with van der Waals surface area (Å²) in [6, 6.07) is 11.9. The Morgan fingerprint density at radius 1 is 1.17 bits per heavy atom. The fraction of sp³-hybridized carbons (Fsp3) is 0.294. The number of carbonyl (C=O) groups is 1. The van der Waals surface area contributed by atoms with Crippen LogP contribution in [0.2, 0.25) is 0 Å². The van der Waals surface area contributed by atoms with Gasteiger partial charge in [-0.25, -0.2) is 0 Å². The summed E-state index contributed by atoms with van der Waals surface area (Å²) in [4.78, 5) is 18.5. The van der Waals surface area contributed by atoms with Crippen molar-refractivity contribution in [2.24, 2.45) is 0 Å². The minimum atomic E-state index is 0. The highest BCUT2D eigenvalue weighted by atomic mass is 35.5. The van der Waals surface area contributed by atoms with E-state index in [1.165, 1.54) is 11.1 Å². The topological polar surface area (TPSA) is 45.2 Å². The maximum absolute atomic E-state index is 12.6. The number of nitrogens with zero attached hydrogens (tertiary/aromatic N) is 2. The molecule has 0 fully saturated rings. The molecule has 0 bridgehead atoms. The maximum Gasteiger partial charge on any atom is 0.255 e. The van der Waals surface area contributed by atoms with E-state index < -0.39 is 0 Å². The van der Waals surface area contributed by atoms with Crippen molar-refractivity contribution >= 4 is 30.7 Å². The van der Waals surface area contributed by atoms with E-state index in [9.17, 15) is 4.79 Å². The van der Waals surface area contributed by atoms with Gasteiger partial charge in [0.2, 0.25) is 0 Å². The molecule has 2 heterocycles. The average Bonchev–Trinajstić information content (AvgIpc) is 2.56. The van der Waals surface area contributed by atoms with Crippen LogP contribution in [-0.4, -0.2) is 28.5 Å². The Labute approximate surface area is 149 Å². The van der Waals surface area contributed by atoms with Crippen molar-refractivity contribution in [3.8, 4) is 0 Å². The first-order valence-corrected chi connectivity index (χ1v) is 7.30. The number of rotatable bonds is 3. The SMILES string of the molecule is CCN(C(=O)c1ccncc1)C1Cc2ccccc2CN1.Cl.Cl. The second-order valence-corrected chi connectivity index (χ2v) is 5.20. The maximum atomic E-state index is 12.6. The first-order valence-electron chi connectivity index (χ1n) is 7.30. The summed E-state index contributed by atoms with van der Waals surface area (Å²) < 4.78 is 0. The van der Waals surface area contributed by atoms with Crippen molar-refractivity contribution in [1.82, 2.24) is 15.2 Å². The van der Waals surface area contributed by atoms with E-state index in [-0.39, 0.29) is 36.9 Å². The number of aromatic nitrogens is 1. The standard InChI is InChI=1S/C17H19N3O.2ClH/c1-2-20(17(21)13-7-9-18-10-8-13)16-11-14-5-3-4-6-15(14)12-19-16;;/h3-10,16,19H,2,11-12H2,1H3;2*1H. The fourth-order valence-corrected chi connectivity index (χ4v) is 2.82. The normalized spacial score (nSPS) is 15.6. The number of carbonyl (C=O) groups excluding carboxylic acids is 1. The van der Waals surface area contributed by atoms with Crippen molar-refractivity contribution in [3.05, 3.63) is 65.5 Å². The molecule has 0 spiro atoms. The number of likely N-dealkylation sites (N-methyl/N-ethyl adjacent to an activating group) is 1. The first-order chi connectivity index (χ1) is 10.3. The number of pyridine rings is 1. The van der Waals surface area contributed by atoms with Gasteiger partial charge in [0.05, 0.1) is 6.17 Å². The molecule has 0 radical (unpaired) electrons. The van der Waals surface area contributed by atoms with Crippen molar-refractivity contribution in [2.75, 3.05) is 6.54 Å². The molecular weight excluding hydrogens is 333 g/mol. The lowest BCUT2D eigenvalue weighted by Gasteiger charge is -2.35. The van der Waals surface area contributed by atoms with Crippen molar-refractivity contribution in [1.29, 1.82) is 0 Å². The zero-order valence-corrected chi connectivity index (χ0v) is 14.6. The summed E-state index contributed by atoms with van der Waals surface area (Å²) in [5, 5.41) is 3.47. The molecule has 1 amide bonds. The highest BCUT2D eigenvalue weighted by molar-refractivity contribution is 5.94. The minimum Gasteiger partial charge on any atom is -0.323 e. The van der Waals surface area contributed by atoms with E-state index in [2.05, 4.69) is 34.6 Å². The molecule has 2 aromatic rings. The Morgan fingerprint density at radius 3 is 2.48 bits per heavy atom. The summed E-state index contributed by atoms with van der Waals surface area (Å²) in [6.45, 7) is 3.50. The van der Waals surface area contributed by atoms with E-state index in [0.717, 1.165) is 13.0 Å². The van der Waals surface area contributed by atoms with Gasteiger partial charge in [-0.15, -0.1) is 24.8 Å². The Morgan fingerprint density at radius 2 is 1.83 bits per heavy atom. The zero-order chi connectivity index (χ0) is 14.7. The van der Waals surface area contributed by atoms with E-state index in [1.54, 1.807) is 24.5 Å². The van der Waals surface area contributed by atoms with E-state index in [1.807, 2.05) is 11.8 Å². The van der Waals surface area contributed by atoms with Gasteiger partial charge in [-0.2, -0.15) is 0 Å². The quantitative estimate of drug-likeness (QED) is 0.922. The summed E-state index contributed by atoms with van der Waals surface area (Å²) in [5.41, 5.74) is 3.33.